The third-order valence-electron chi connectivity index (χ3n) is 10.1. The number of hydrogen-bond acceptors (Lipinski definition) is 6. The fraction of sp³-hybridized carbons (Fsp3) is 0.250. The van der Waals surface area contributed by atoms with E-state index in [1.165, 1.54) is 0 Å². The molecular formula is C40H36N2O8. The smallest absolute Gasteiger partial charge is 0.404 e. The van der Waals surface area contributed by atoms with Crippen LogP contribution in [-0.2, 0) is 0 Å². The van der Waals surface area contributed by atoms with Crippen LogP contribution in [-0.4, -0.2) is 57.6 Å². The fourth-order valence-electron chi connectivity index (χ4n) is 7.21. The quantitative estimate of drug-likeness (QED) is 0.107. The van der Waals surface area contributed by atoms with Crippen LogP contribution in [0.4, 0.5) is 9.59 Å². The average Bonchev–Trinajstić information content (AvgIpc) is 3.12. The molecule has 4 aromatic rings. The summed E-state index contributed by atoms with van der Waals surface area (Å²) < 4.78 is 0. The first-order valence-electron chi connectivity index (χ1n) is 16.6. The van der Waals surface area contributed by atoms with Gasteiger partial charge < -0.3 is 20.8 Å². The minimum absolute atomic E-state index is 0.228. The lowest BCUT2D eigenvalue weighted by Gasteiger charge is -2.28. The molecule has 0 aromatic heterocycles. The van der Waals surface area contributed by atoms with E-state index in [2.05, 4.69) is 10.6 Å². The second kappa shape index (κ2) is 13.9. The molecular weight excluding hydrogens is 636 g/mol. The summed E-state index contributed by atoms with van der Waals surface area (Å²) in [5.41, 5.74) is 4.06. The minimum atomic E-state index is -1.19. The number of carboxylic acid groups (broad SMARTS) is 2. The highest BCUT2D eigenvalue weighted by molar-refractivity contribution is 6.29. The molecule has 0 heterocycles. The van der Waals surface area contributed by atoms with Crippen molar-refractivity contribution in [2.75, 3.05) is 0 Å². The molecule has 10 nitrogen and oxygen atoms in total. The molecule has 0 bridgehead atoms. The van der Waals surface area contributed by atoms with Crippen LogP contribution < -0.4 is 10.6 Å². The number of amides is 2. The van der Waals surface area contributed by atoms with Crippen molar-refractivity contribution in [2.45, 2.75) is 63.5 Å². The highest BCUT2D eigenvalue weighted by Gasteiger charge is 2.32. The van der Waals surface area contributed by atoms with Crippen molar-refractivity contribution in [1.29, 1.82) is 0 Å². The predicted molar refractivity (Wildman–Crippen MR) is 185 cm³/mol. The first-order chi connectivity index (χ1) is 24.0. The first-order valence-corrected chi connectivity index (χ1v) is 16.6. The van der Waals surface area contributed by atoms with Gasteiger partial charge in [-0.3, -0.25) is 19.2 Å². The highest BCUT2D eigenvalue weighted by Crippen LogP contribution is 2.33. The molecule has 0 radical (unpaired) electrons. The number of benzene rings is 4. The Labute approximate surface area is 288 Å². The van der Waals surface area contributed by atoms with Crippen molar-refractivity contribution in [2.24, 2.45) is 0 Å². The second-order valence-electron chi connectivity index (χ2n) is 13.0. The summed E-state index contributed by atoms with van der Waals surface area (Å²) in [6.07, 6.45) is -0.399. The molecule has 0 saturated heterocycles. The number of fused-ring (bicyclic) bond motifs is 4. The Balaban J connectivity index is 1.14. The number of carbonyl (C=O) groups excluding carboxylic acids is 4. The Bertz CT molecular complexity index is 1920. The van der Waals surface area contributed by atoms with Gasteiger partial charge in [-0.1, -0.05) is 99.5 Å². The van der Waals surface area contributed by atoms with E-state index in [4.69, 9.17) is 0 Å². The molecule has 2 aliphatic rings. The Morgan fingerprint density at radius 2 is 0.800 bits per heavy atom. The third-order valence-corrected chi connectivity index (χ3v) is 10.1. The zero-order valence-corrected chi connectivity index (χ0v) is 27.6. The summed E-state index contributed by atoms with van der Waals surface area (Å²) in [5, 5.41) is 24.5. The maximum atomic E-state index is 13.3. The van der Waals surface area contributed by atoms with Crippen LogP contribution in [0.15, 0.2) is 84.9 Å². The Hall–Kier alpha value is -5.90. The minimum Gasteiger partial charge on any atom is -0.465 e. The van der Waals surface area contributed by atoms with Crippen molar-refractivity contribution in [3.8, 4) is 0 Å². The molecule has 0 saturated carbocycles. The highest BCUT2D eigenvalue weighted by atomic mass is 16.4. The van der Waals surface area contributed by atoms with E-state index < -0.39 is 24.3 Å². The summed E-state index contributed by atoms with van der Waals surface area (Å²) in [7, 11) is 0. The van der Waals surface area contributed by atoms with Gasteiger partial charge in [0.15, 0.2) is 23.1 Å². The van der Waals surface area contributed by atoms with Crippen molar-refractivity contribution >= 4 is 35.3 Å². The van der Waals surface area contributed by atoms with Gasteiger partial charge in [-0.15, -0.1) is 0 Å². The normalized spacial score (nSPS) is 15.5. The summed E-state index contributed by atoms with van der Waals surface area (Å²) in [6, 6.07) is 22.4. The number of hydrogen-bond donors (Lipinski definition) is 4. The molecule has 0 fully saturated rings. The van der Waals surface area contributed by atoms with E-state index in [1.54, 1.807) is 84.9 Å². The lowest BCUT2D eigenvalue weighted by atomic mass is 9.80. The van der Waals surface area contributed by atoms with E-state index in [9.17, 15) is 39.0 Å². The van der Waals surface area contributed by atoms with Crippen LogP contribution in [0.2, 0.25) is 0 Å². The van der Waals surface area contributed by atoms with Crippen molar-refractivity contribution < 1.29 is 39.0 Å². The number of carbonyl (C=O) groups is 6. The molecule has 4 atom stereocenters. The average molecular weight is 673 g/mol. The molecule has 0 aliphatic heterocycles. The number of ketones is 4. The Kier molecular flexibility index (Phi) is 9.46. The largest absolute Gasteiger partial charge is 0.465 e. The Morgan fingerprint density at radius 3 is 1.12 bits per heavy atom. The molecule has 4 unspecified atom stereocenters. The van der Waals surface area contributed by atoms with Crippen molar-refractivity contribution in [3.05, 3.63) is 141 Å². The molecule has 0 spiro atoms. The summed E-state index contributed by atoms with van der Waals surface area (Å²) in [6.45, 7) is 3.73. The van der Waals surface area contributed by atoms with Crippen LogP contribution in [0.5, 0.6) is 0 Å². The first kappa shape index (κ1) is 34.0. The second-order valence-corrected chi connectivity index (χ2v) is 13.0. The number of unbranched alkanes of at least 4 members (excludes halogenated alkanes) is 1. The van der Waals surface area contributed by atoms with Gasteiger partial charge in [0.2, 0.25) is 0 Å². The van der Waals surface area contributed by atoms with Gasteiger partial charge in [0.05, 0.1) is 0 Å². The van der Waals surface area contributed by atoms with Gasteiger partial charge in [-0.2, -0.15) is 0 Å². The molecule has 4 aromatic carbocycles. The monoisotopic (exact) mass is 672 g/mol. The van der Waals surface area contributed by atoms with E-state index in [0.717, 1.165) is 0 Å². The van der Waals surface area contributed by atoms with Crippen LogP contribution in [0, 0.1) is 0 Å². The number of nitrogens with one attached hydrogen (secondary N) is 2. The zero-order chi connectivity index (χ0) is 35.7. The predicted octanol–water partition coefficient (Wildman–Crippen LogP) is 6.98. The van der Waals surface area contributed by atoms with Gasteiger partial charge in [0.25, 0.3) is 0 Å². The summed E-state index contributed by atoms with van der Waals surface area (Å²) >= 11 is 0. The van der Waals surface area contributed by atoms with E-state index >= 15 is 0 Å². The van der Waals surface area contributed by atoms with Gasteiger partial charge in [0, 0.05) is 68.4 Å². The summed E-state index contributed by atoms with van der Waals surface area (Å²) in [5.74, 6) is -1.65. The van der Waals surface area contributed by atoms with Crippen LogP contribution in [0.3, 0.4) is 0 Å². The van der Waals surface area contributed by atoms with Crippen molar-refractivity contribution in [1.82, 2.24) is 10.6 Å². The van der Waals surface area contributed by atoms with Crippen LogP contribution in [0.1, 0.15) is 126 Å². The molecule has 2 amide bonds. The van der Waals surface area contributed by atoms with E-state index in [0.29, 0.717) is 81.3 Å². The maximum Gasteiger partial charge on any atom is 0.404 e. The van der Waals surface area contributed by atoms with Gasteiger partial charge >= 0.3 is 12.2 Å². The maximum absolute atomic E-state index is 13.3. The SMILES string of the molecule is CC(c1ccc2c(c1)C(=O)c1ccccc1C2=O)C(CCCCC(NC(=O)O)C(C)c1ccc2c(c1)C(=O)c1ccccc1C2=O)NC(=O)O. The van der Waals surface area contributed by atoms with Gasteiger partial charge in [-0.05, 0) is 36.1 Å². The molecule has 10 heteroatoms. The fourth-order valence-corrected chi connectivity index (χ4v) is 7.21. The number of rotatable bonds is 11. The Morgan fingerprint density at radius 1 is 0.500 bits per heavy atom. The van der Waals surface area contributed by atoms with Crippen molar-refractivity contribution in [3.63, 3.8) is 0 Å². The lowest BCUT2D eigenvalue weighted by Crippen LogP contribution is -2.38. The topological polar surface area (TPSA) is 167 Å². The lowest BCUT2D eigenvalue weighted by molar-refractivity contribution is 0.0979. The molecule has 4 N–H and O–H groups in total. The van der Waals surface area contributed by atoms with Gasteiger partial charge in [0.1, 0.15) is 0 Å². The molecule has 6 rings (SSSR count). The standard InChI is InChI=1S/C40H36N2O8/c1-21(23-15-17-29-31(19-23)37(45)27-11-5-3-9-25(27)35(29)43)33(41-39(47)48)13-7-8-14-34(42-40(49)50)22(2)24-16-18-30-32(20-24)38(46)28-12-6-4-10-26(28)36(30)44/h3-6,9-12,15-22,33-34,41-42H,7-8,13-14H2,1-2H3,(H,47,48)(H,49,50). The van der Waals surface area contributed by atoms with E-state index in [-0.39, 0.29) is 35.0 Å². The van der Waals surface area contributed by atoms with Crippen LogP contribution >= 0.6 is 0 Å². The van der Waals surface area contributed by atoms with Crippen LogP contribution in [0.25, 0.3) is 0 Å². The van der Waals surface area contributed by atoms with E-state index in [1.807, 2.05) is 13.8 Å². The molecule has 50 heavy (non-hydrogen) atoms. The zero-order valence-electron chi connectivity index (χ0n) is 27.6. The molecule has 254 valence electrons. The van der Waals surface area contributed by atoms with Gasteiger partial charge in [-0.25, -0.2) is 9.59 Å². The third kappa shape index (κ3) is 6.44. The summed E-state index contributed by atoms with van der Waals surface area (Å²) in [4.78, 5) is 76.3. The molecule has 2 aliphatic carbocycles.